The highest BCUT2D eigenvalue weighted by molar-refractivity contribution is 7.89. The van der Waals surface area contributed by atoms with Crippen LogP contribution in [0, 0.1) is 11.7 Å². The van der Waals surface area contributed by atoms with E-state index in [2.05, 4.69) is 4.72 Å². The highest BCUT2D eigenvalue weighted by Gasteiger charge is 2.20. The van der Waals surface area contributed by atoms with Crippen molar-refractivity contribution in [2.75, 3.05) is 19.8 Å². The van der Waals surface area contributed by atoms with Crippen molar-refractivity contribution in [2.45, 2.75) is 24.3 Å². The molecular weight excluding hydrogens is 285 g/mol. The van der Waals surface area contributed by atoms with Gasteiger partial charge in [-0.3, -0.25) is 0 Å². The lowest BCUT2D eigenvalue weighted by Gasteiger charge is -2.22. The third-order valence-corrected chi connectivity index (χ3v) is 4.82. The van der Waals surface area contributed by atoms with Crippen LogP contribution in [-0.2, 0) is 21.4 Å². The van der Waals surface area contributed by atoms with E-state index in [1.54, 1.807) is 0 Å². The molecule has 0 atom stereocenters. The molecule has 2 rings (SSSR count). The van der Waals surface area contributed by atoms with Crippen LogP contribution >= 0.6 is 0 Å². The standard InChI is InChI=1S/C13H18FNO4S/c14-13-2-1-12(7-11(13)9-16)20(17,18)15-8-10-3-5-19-6-4-10/h1-2,7,10,15-16H,3-6,8-9H2. The summed E-state index contributed by atoms with van der Waals surface area (Å²) in [7, 11) is -3.68. The predicted molar refractivity (Wildman–Crippen MR) is 71.1 cm³/mol. The van der Waals surface area contributed by atoms with E-state index in [0.29, 0.717) is 19.8 Å². The first-order chi connectivity index (χ1) is 9.53. The normalized spacial score (nSPS) is 17.3. The van der Waals surface area contributed by atoms with Crippen molar-refractivity contribution in [2.24, 2.45) is 5.92 Å². The zero-order chi connectivity index (χ0) is 14.6. The summed E-state index contributed by atoms with van der Waals surface area (Å²) >= 11 is 0. The van der Waals surface area contributed by atoms with Crippen LogP contribution in [0.15, 0.2) is 23.1 Å². The number of hydrogen-bond donors (Lipinski definition) is 2. The van der Waals surface area contributed by atoms with E-state index in [1.807, 2.05) is 0 Å². The molecule has 0 radical (unpaired) electrons. The van der Waals surface area contributed by atoms with Crippen LogP contribution in [0.25, 0.3) is 0 Å². The molecule has 1 aromatic rings. The molecule has 1 aliphatic heterocycles. The van der Waals surface area contributed by atoms with E-state index < -0.39 is 22.4 Å². The second kappa shape index (κ2) is 6.62. The summed E-state index contributed by atoms with van der Waals surface area (Å²) in [6.07, 6.45) is 1.65. The Morgan fingerprint density at radius 2 is 2.05 bits per heavy atom. The lowest BCUT2D eigenvalue weighted by Crippen LogP contribution is -2.32. The van der Waals surface area contributed by atoms with Gasteiger partial charge in [-0.25, -0.2) is 17.5 Å². The molecule has 7 heteroatoms. The quantitative estimate of drug-likeness (QED) is 0.851. The molecule has 1 aliphatic rings. The van der Waals surface area contributed by atoms with Gasteiger partial charge in [-0.1, -0.05) is 0 Å². The Bertz CT molecular complexity index is 555. The van der Waals surface area contributed by atoms with E-state index >= 15 is 0 Å². The van der Waals surface area contributed by atoms with Gasteiger partial charge < -0.3 is 9.84 Å². The van der Waals surface area contributed by atoms with Gasteiger partial charge in [0.2, 0.25) is 10.0 Å². The van der Waals surface area contributed by atoms with Gasteiger partial charge >= 0.3 is 0 Å². The first-order valence-corrected chi connectivity index (χ1v) is 7.98. The number of rotatable bonds is 5. The van der Waals surface area contributed by atoms with Gasteiger partial charge in [0.15, 0.2) is 0 Å². The van der Waals surface area contributed by atoms with Gasteiger partial charge in [-0.2, -0.15) is 0 Å². The van der Waals surface area contributed by atoms with Crippen LogP contribution < -0.4 is 4.72 Å². The molecule has 0 amide bonds. The van der Waals surface area contributed by atoms with Crippen molar-refractivity contribution in [1.29, 1.82) is 0 Å². The molecule has 1 fully saturated rings. The number of hydrogen-bond acceptors (Lipinski definition) is 4. The zero-order valence-electron chi connectivity index (χ0n) is 11.0. The summed E-state index contributed by atoms with van der Waals surface area (Å²) in [4.78, 5) is -0.0324. The molecule has 0 saturated carbocycles. The molecule has 0 spiro atoms. The Balaban J connectivity index is 2.05. The van der Waals surface area contributed by atoms with E-state index in [9.17, 15) is 12.8 Å². The van der Waals surface area contributed by atoms with Crippen LogP contribution in [0.1, 0.15) is 18.4 Å². The monoisotopic (exact) mass is 303 g/mol. The molecule has 112 valence electrons. The van der Waals surface area contributed by atoms with Crippen molar-refractivity contribution in [3.63, 3.8) is 0 Å². The molecular formula is C13H18FNO4S. The van der Waals surface area contributed by atoms with Crippen molar-refractivity contribution in [3.8, 4) is 0 Å². The number of aliphatic hydroxyl groups excluding tert-OH is 1. The molecule has 0 aliphatic carbocycles. The van der Waals surface area contributed by atoms with Crippen LogP contribution in [0.3, 0.4) is 0 Å². The highest BCUT2D eigenvalue weighted by atomic mass is 32.2. The van der Waals surface area contributed by atoms with Crippen LogP contribution in [0.2, 0.25) is 0 Å². The van der Waals surface area contributed by atoms with Gasteiger partial charge in [0.05, 0.1) is 11.5 Å². The maximum Gasteiger partial charge on any atom is 0.240 e. The lowest BCUT2D eigenvalue weighted by atomic mass is 10.0. The van der Waals surface area contributed by atoms with Crippen molar-refractivity contribution in [1.82, 2.24) is 4.72 Å². The van der Waals surface area contributed by atoms with E-state index in [4.69, 9.17) is 9.84 Å². The molecule has 2 N–H and O–H groups in total. The fraction of sp³-hybridized carbons (Fsp3) is 0.538. The topological polar surface area (TPSA) is 75.6 Å². The van der Waals surface area contributed by atoms with Crippen molar-refractivity contribution >= 4 is 10.0 Å². The summed E-state index contributed by atoms with van der Waals surface area (Å²) in [5.41, 5.74) is -0.0288. The summed E-state index contributed by atoms with van der Waals surface area (Å²) < 4.78 is 45.2. The Hall–Kier alpha value is -1.02. The summed E-state index contributed by atoms with van der Waals surface area (Å²) in [6.45, 7) is 1.11. The first kappa shape index (κ1) is 15.4. The average Bonchev–Trinajstić information content (AvgIpc) is 2.46. The van der Waals surface area contributed by atoms with Crippen molar-refractivity contribution in [3.05, 3.63) is 29.6 Å². The molecule has 1 heterocycles. The van der Waals surface area contributed by atoms with E-state index in [0.717, 1.165) is 25.0 Å². The predicted octanol–water partition coefficient (Wildman–Crippen LogP) is 1.02. The second-order valence-electron chi connectivity index (χ2n) is 4.82. The fourth-order valence-electron chi connectivity index (χ4n) is 2.10. The molecule has 1 aromatic carbocycles. The zero-order valence-corrected chi connectivity index (χ0v) is 11.8. The minimum Gasteiger partial charge on any atom is -0.392 e. The third-order valence-electron chi connectivity index (χ3n) is 3.40. The lowest BCUT2D eigenvalue weighted by molar-refractivity contribution is 0.0678. The maximum atomic E-state index is 13.2. The fourth-order valence-corrected chi connectivity index (χ4v) is 3.27. The maximum absolute atomic E-state index is 13.2. The van der Waals surface area contributed by atoms with Gasteiger partial charge in [0, 0.05) is 25.3 Å². The minimum atomic E-state index is -3.68. The minimum absolute atomic E-state index is 0.0288. The molecule has 5 nitrogen and oxygen atoms in total. The number of halogens is 1. The first-order valence-electron chi connectivity index (χ1n) is 6.49. The van der Waals surface area contributed by atoms with Gasteiger partial charge in [-0.15, -0.1) is 0 Å². The van der Waals surface area contributed by atoms with Crippen LogP contribution in [0.4, 0.5) is 4.39 Å². The summed E-state index contributed by atoms with van der Waals surface area (Å²) in [5, 5.41) is 8.97. The van der Waals surface area contributed by atoms with Crippen molar-refractivity contribution < 1.29 is 22.7 Å². The van der Waals surface area contributed by atoms with E-state index in [1.165, 1.54) is 6.07 Å². The van der Waals surface area contributed by atoms with Crippen LogP contribution in [-0.4, -0.2) is 33.3 Å². The largest absolute Gasteiger partial charge is 0.392 e. The van der Waals surface area contributed by atoms with Gasteiger partial charge in [0.1, 0.15) is 5.82 Å². The highest BCUT2D eigenvalue weighted by Crippen LogP contribution is 2.17. The summed E-state index contributed by atoms with van der Waals surface area (Å²) in [6, 6.07) is 3.40. The second-order valence-corrected chi connectivity index (χ2v) is 6.59. The molecule has 0 aromatic heterocycles. The number of benzene rings is 1. The smallest absolute Gasteiger partial charge is 0.240 e. The Morgan fingerprint density at radius 3 is 2.70 bits per heavy atom. The Morgan fingerprint density at radius 1 is 1.35 bits per heavy atom. The molecule has 1 saturated heterocycles. The SMILES string of the molecule is O=S(=O)(NCC1CCOCC1)c1ccc(F)c(CO)c1. The number of ether oxygens (including phenoxy) is 1. The van der Waals surface area contributed by atoms with Crippen LogP contribution in [0.5, 0.6) is 0 Å². The molecule has 0 unspecified atom stereocenters. The Kier molecular flexibility index (Phi) is 5.09. The number of aliphatic hydroxyl groups is 1. The molecule has 20 heavy (non-hydrogen) atoms. The summed E-state index contributed by atoms with van der Waals surface area (Å²) in [5.74, 6) is -0.354. The third kappa shape index (κ3) is 3.76. The van der Waals surface area contributed by atoms with Gasteiger partial charge in [-0.05, 0) is 37.0 Å². The number of sulfonamides is 1. The average molecular weight is 303 g/mol. The number of nitrogens with one attached hydrogen (secondary N) is 1. The van der Waals surface area contributed by atoms with Gasteiger partial charge in [0.25, 0.3) is 0 Å². The molecule has 0 bridgehead atoms. The Labute approximate surface area is 117 Å². The van der Waals surface area contributed by atoms with E-state index in [-0.39, 0.29) is 16.4 Å².